The standard InChI is InChI=1S/C14H19N3O2S/c1-4-14(5-2,20-3)10-16-12-8-6-7-11(9-15)13(12)17(18)19/h6-8,16H,4-5,10H2,1-3H3. The van der Waals surface area contributed by atoms with Gasteiger partial charge in [-0.2, -0.15) is 17.0 Å². The summed E-state index contributed by atoms with van der Waals surface area (Å²) >= 11 is 1.76. The van der Waals surface area contributed by atoms with E-state index < -0.39 is 4.92 Å². The zero-order valence-electron chi connectivity index (χ0n) is 12.0. The number of hydrogen-bond acceptors (Lipinski definition) is 5. The third kappa shape index (κ3) is 3.42. The van der Waals surface area contributed by atoms with Crippen LogP contribution in [-0.4, -0.2) is 22.5 Å². The summed E-state index contributed by atoms with van der Waals surface area (Å²) in [6, 6.07) is 6.64. The van der Waals surface area contributed by atoms with Gasteiger partial charge in [-0.1, -0.05) is 19.9 Å². The molecule has 0 amide bonds. The highest BCUT2D eigenvalue weighted by Crippen LogP contribution is 2.33. The summed E-state index contributed by atoms with van der Waals surface area (Å²) in [7, 11) is 0. The molecule has 1 N–H and O–H groups in total. The molecule has 0 saturated heterocycles. The summed E-state index contributed by atoms with van der Waals surface area (Å²) in [4.78, 5) is 10.6. The van der Waals surface area contributed by atoms with E-state index in [0.717, 1.165) is 12.8 Å². The molecule has 0 atom stereocenters. The third-order valence-corrected chi connectivity index (χ3v) is 5.25. The van der Waals surface area contributed by atoms with Crippen LogP contribution >= 0.6 is 11.8 Å². The molecule has 1 aromatic carbocycles. The molecule has 0 spiro atoms. The van der Waals surface area contributed by atoms with Crippen LogP contribution in [0.4, 0.5) is 11.4 Å². The second-order valence-corrected chi connectivity index (χ2v) is 5.79. The van der Waals surface area contributed by atoms with E-state index in [9.17, 15) is 10.1 Å². The van der Waals surface area contributed by atoms with E-state index in [0.29, 0.717) is 12.2 Å². The minimum Gasteiger partial charge on any atom is -0.378 e. The minimum atomic E-state index is -0.500. The van der Waals surface area contributed by atoms with Crippen LogP contribution < -0.4 is 5.32 Å². The van der Waals surface area contributed by atoms with Crippen molar-refractivity contribution in [2.75, 3.05) is 18.1 Å². The van der Waals surface area contributed by atoms with Gasteiger partial charge in [0, 0.05) is 11.3 Å². The number of nitro benzene ring substituents is 1. The second-order valence-electron chi connectivity index (χ2n) is 4.52. The summed E-state index contributed by atoms with van der Waals surface area (Å²) < 4.78 is 0.0521. The van der Waals surface area contributed by atoms with Crippen molar-refractivity contribution in [3.63, 3.8) is 0 Å². The Morgan fingerprint density at radius 3 is 2.55 bits per heavy atom. The summed E-state index contributed by atoms with van der Waals surface area (Å²) in [6.45, 7) is 4.86. The molecule has 0 aliphatic rings. The van der Waals surface area contributed by atoms with Crippen LogP contribution in [0.2, 0.25) is 0 Å². The number of nitriles is 1. The molecule has 1 rings (SSSR count). The van der Waals surface area contributed by atoms with Gasteiger partial charge in [-0.05, 0) is 31.2 Å². The fourth-order valence-electron chi connectivity index (χ4n) is 2.09. The number of para-hydroxylation sites is 1. The lowest BCUT2D eigenvalue weighted by Gasteiger charge is -2.30. The highest BCUT2D eigenvalue weighted by molar-refractivity contribution is 8.00. The van der Waals surface area contributed by atoms with Gasteiger partial charge in [0.15, 0.2) is 0 Å². The van der Waals surface area contributed by atoms with Gasteiger partial charge in [0.05, 0.1) is 4.92 Å². The lowest BCUT2D eigenvalue weighted by Crippen LogP contribution is -2.32. The summed E-state index contributed by atoms with van der Waals surface area (Å²) in [5.41, 5.74) is 0.356. The molecule has 0 radical (unpaired) electrons. The fourth-order valence-corrected chi connectivity index (χ4v) is 2.88. The Morgan fingerprint density at radius 1 is 1.45 bits per heavy atom. The van der Waals surface area contributed by atoms with Gasteiger partial charge in [-0.25, -0.2) is 0 Å². The fraction of sp³-hybridized carbons (Fsp3) is 0.500. The molecule has 6 heteroatoms. The van der Waals surface area contributed by atoms with Crippen LogP contribution in [0.25, 0.3) is 0 Å². The quantitative estimate of drug-likeness (QED) is 0.611. The number of benzene rings is 1. The lowest BCUT2D eigenvalue weighted by molar-refractivity contribution is -0.384. The average Bonchev–Trinajstić information content (AvgIpc) is 2.48. The Balaban J connectivity index is 3.05. The smallest absolute Gasteiger partial charge is 0.309 e. The Hall–Kier alpha value is -1.74. The topological polar surface area (TPSA) is 79.0 Å². The Bertz CT molecular complexity index is 513. The first-order chi connectivity index (χ1) is 9.53. The van der Waals surface area contributed by atoms with Crippen molar-refractivity contribution in [2.24, 2.45) is 0 Å². The van der Waals surface area contributed by atoms with Gasteiger partial charge >= 0.3 is 5.69 Å². The predicted octanol–water partition coefficient (Wildman–Crippen LogP) is 3.80. The Morgan fingerprint density at radius 2 is 2.10 bits per heavy atom. The number of thioether (sulfide) groups is 1. The van der Waals surface area contributed by atoms with Crippen molar-refractivity contribution in [3.05, 3.63) is 33.9 Å². The summed E-state index contributed by atoms with van der Waals surface area (Å²) in [5.74, 6) is 0. The number of nitrogens with one attached hydrogen (secondary N) is 1. The highest BCUT2D eigenvalue weighted by atomic mass is 32.2. The SMILES string of the molecule is CCC(CC)(CNc1cccc(C#N)c1[N+](=O)[O-])SC. The number of nitro groups is 1. The van der Waals surface area contributed by atoms with E-state index in [2.05, 4.69) is 25.4 Å². The summed E-state index contributed by atoms with van der Waals surface area (Å²) in [5, 5.41) is 23.3. The molecule has 0 bridgehead atoms. The number of rotatable bonds is 7. The van der Waals surface area contributed by atoms with E-state index in [4.69, 9.17) is 5.26 Å². The molecule has 108 valence electrons. The van der Waals surface area contributed by atoms with E-state index in [1.54, 1.807) is 23.9 Å². The van der Waals surface area contributed by atoms with Crippen molar-refractivity contribution < 1.29 is 4.92 Å². The number of anilines is 1. The molecular weight excluding hydrogens is 274 g/mol. The molecule has 0 unspecified atom stereocenters. The maximum atomic E-state index is 11.1. The zero-order chi connectivity index (χ0) is 15.2. The highest BCUT2D eigenvalue weighted by Gasteiger charge is 2.26. The van der Waals surface area contributed by atoms with Crippen molar-refractivity contribution in [1.29, 1.82) is 5.26 Å². The Kier molecular flexibility index (Phi) is 5.83. The van der Waals surface area contributed by atoms with Gasteiger partial charge < -0.3 is 5.32 Å². The molecule has 1 aromatic rings. The van der Waals surface area contributed by atoms with Gasteiger partial charge in [0.2, 0.25) is 0 Å². The van der Waals surface area contributed by atoms with Crippen LogP contribution in [-0.2, 0) is 0 Å². The molecule has 5 nitrogen and oxygen atoms in total. The predicted molar refractivity (Wildman–Crippen MR) is 83.1 cm³/mol. The summed E-state index contributed by atoms with van der Waals surface area (Å²) in [6.07, 6.45) is 4.00. The largest absolute Gasteiger partial charge is 0.378 e. The van der Waals surface area contributed by atoms with Crippen LogP contribution in [0.15, 0.2) is 18.2 Å². The van der Waals surface area contributed by atoms with Crippen molar-refractivity contribution in [3.8, 4) is 6.07 Å². The van der Waals surface area contributed by atoms with Crippen molar-refractivity contribution >= 4 is 23.1 Å². The third-order valence-electron chi connectivity index (χ3n) is 3.66. The van der Waals surface area contributed by atoms with Crippen LogP contribution in [0, 0.1) is 21.4 Å². The molecule has 0 aromatic heterocycles. The molecule has 20 heavy (non-hydrogen) atoms. The molecule has 0 aliphatic carbocycles. The lowest BCUT2D eigenvalue weighted by atomic mass is 10.0. The van der Waals surface area contributed by atoms with E-state index >= 15 is 0 Å². The van der Waals surface area contributed by atoms with E-state index in [1.165, 1.54) is 6.07 Å². The number of nitrogens with zero attached hydrogens (tertiary/aromatic N) is 2. The first kappa shape index (κ1) is 16.3. The second kappa shape index (κ2) is 7.15. The van der Waals surface area contributed by atoms with Gasteiger partial charge in [0.1, 0.15) is 17.3 Å². The molecule has 0 heterocycles. The zero-order valence-corrected chi connectivity index (χ0v) is 12.8. The van der Waals surface area contributed by atoms with E-state index in [-0.39, 0.29) is 16.0 Å². The first-order valence-electron chi connectivity index (χ1n) is 6.50. The first-order valence-corrected chi connectivity index (χ1v) is 7.72. The van der Waals surface area contributed by atoms with Crippen molar-refractivity contribution in [1.82, 2.24) is 0 Å². The van der Waals surface area contributed by atoms with Crippen LogP contribution in [0.3, 0.4) is 0 Å². The van der Waals surface area contributed by atoms with Gasteiger partial charge in [0.25, 0.3) is 0 Å². The maximum absolute atomic E-state index is 11.1. The Labute approximate surface area is 123 Å². The average molecular weight is 293 g/mol. The van der Waals surface area contributed by atoms with E-state index in [1.807, 2.05) is 6.07 Å². The normalized spacial score (nSPS) is 10.9. The minimum absolute atomic E-state index is 0.0521. The monoisotopic (exact) mass is 293 g/mol. The number of hydrogen-bond donors (Lipinski definition) is 1. The van der Waals surface area contributed by atoms with Crippen molar-refractivity contribution in [2.45, 2.75) is 31.4 Å². The van der Waals surface area contributed by atoms with Crippen LogP contribution in [0.5, 0.6) is 0 Å². The van der Waals surface area contributed by atoms with Crippen LogP contribution in [0.1, 0.15) is 32.3 Å². The molecule has 0 saturated carbocycles. The molecule has 0 fully saturated rings. The van der Waals surface area contributed by atoms with Gasteiger partial charge in [-0.3, -0.25) is 10.1 Å². The maximum Gasteiger partial charge on any atom is 0.309 e. The van der Waals surface area contributed by atoms with Gasteiger partial charge in [-0.15, -0.1) is 0 Å². The molecular formula is C14H19N3O2S. The molecule has 0 aliphatic heterocycles.